The summed E-state index contributed by atoms with van der Waals surface area (Å²) in [5.41, 5.74) is 8.07. The number of halogens is 1. The highest BCUT2D eigenvalue weighted by Crippen LogP contribution is 2.33. The summed E-state index contributed by atoms with van der Waals surface area (Å²) < 4.78 is 7.77. The van der Waals surface area contributed by atoms with Gasteiger partial charge in [-0.2, -0.15) is 5.10 Å². The number of anilines is 1. The zero-order valence-electron chi connectivity index (χ0n) is 8.94. The molecule has 0 unspecified atom stereocenters. The average molecular weight is 283 g/mol. The Balaban J connectivity index is 2.67. The molecule has 0 radical (unpaired) electrons. The summed E-state index contributed by atoms with van der Waals surface area (Å²) in [5.74, 6) is 0.526. The van der Waals surface area contributed by atoms with E-state index < -0.39 is 0 Å². The molecular weight excluding hydrogens is 272 g/mol. The SMILES string of the molecule is COc1ncc(Br)cc1-c1c(N)cnn1C. The summed E-state index contributed by atoms with van der Waals surface area (Å²) in [6, 6.07) is 1.90. The molecule has 2 aromatic rings. The number of hydrogen-bond donors (Lipinski definition) is 1. The molecule has 0 aliphatic carbocycles. The zero-order chi connectivity index (χ0) is 11.7. The lowest BCUT2D eigenvalue weighted by Crippen LogP contribution is -1.99. The van der Waals surface area contributed by atoms with Crippen LogP contribution in [-0.4, -0.2) is 21.9 Å². The molecule has 0 aromatic carbocycles. The van der Waals surface area contributed by atoms with Gasteiger partial charge < -0.3 is 10.5 Å². The maximum Gasteiger partial charge on any atom is 0.222 e. The van der Waals surface area contributed by atoms with Crippen LogP contribution in [0.3, 0.4) is 0 Å². The van der Waals surface area contributed by atoms with Crippen molar-refractivity contribution in [3.8, 4) is 17.1 Å². The van der Waals surface area contributed by atoms with Crippen molar-refractivity contribution in [2.75, 3.05) is 12.8 Å². The largest absolute Gasteiger partial charge is 0.481 e. The molecule has 0 bridgehead atoms. The summed E-state index contributed by atoms with van der Waals surface area (Å²) in [6.45, 7) is 0. The molecule has 0 fully saturated rings. The smallest absolute Gasteiger partial charge is 0.222 e. The molecular formula is C10H11BrN4O. The minimum atomic E-state index is 0.526. The fourth-order valence-electron chi connectivity index (χ4n) is 1.54. The van der Waals surface area contributed by atoms with Gasteiger partial charge in [0.25, 0.3) is 0 Å². The lowest BCUT2D eigenvalue weighted by molar-refractivity contribution is 0.399. The highest BCUT2D eigenvalue weighted by atomic mass is 79.9. The average Bonchev–Trinajstić information content (AvgIpc) is 2.58. The third kappa shape index (κ3) is 1.76. The Morgan fingerprint density at radius 3 is 2.75 bits per heavy atom. The first-order valence-electron chi connectivity index (χ1n) is 4.61. The standard InChI is InChI=1S/C10H11BrN4O/c1-15-9(8(12)5-14-15)7-3-6(11)4-13-10(7)16-2/h3-5H,12H2,1-2H3. The monoisotopic (exact) mass is 282 g/mol. The van der Waals surface area contributed by atoms with Gasteiger partial charge in [-0.3, -0.25) is 4.68 Å². The minimum absolute atomic E-state index is 0.526. The quantitative estimate of drug-likeness (QED) is 0.913. The van der Waals surface area contributed by atoms with Crippen LogP contribution in [0.4, 0.5) is 5.69 Å². The molecule has 16 heavy (non-hydrogen) atoms. The summed E-state index contributed by atoms with van der Waals surface area (Å²) in [4.78, 5) is 4.17. The van der Waals surface area contributed by atoms with E-state index in [9.17, 15) is 0 Å². The van der Waals surface area contributed by atoms with Crippen molar-refractivity contribution in [3.63, 3.8) is 0 Å². The van der Waals surface area contributed by atoms with Crippen LogP contribution in [0.5, 0.6) is 5.88 Å². The Morgan fingerprint density at radius 1 is 1.44 bits per heavy atom. The second kappa shape index (κ2) is 4.13. The number of hydrogen-bond acceptors (Lipinski definition) is 4. The molecule has 0 spiro atoms. The van der Waals surface area contributed by atoms with Crippen molar-refractivity contribution >= 4 is 21.6 Å². The Hall–Kier alpha value is -1.56. The molecule has 2 rings (SSSR count). The van der Waals surface area contributed by atoms with Gasteiger partial charge in [0, 0.05) is 17.7 Å². The minimum Gasteiger partial charge on any atom is -0.481 e. The van der Waals surface area contributed by atoms with Gasteiger partial charge in [-0.25, -0.2) is 4.98 Å². The number of nitrogens with zero attached hydrogens (tertiary/aromatic N) is 3. The molecule has 0 amide bonds. The van der Waals surface area contributed by atoms with Crippen LogP contribution in [0.1, 0.15) is 0 Å². The van der Waals surface area contributed by atoms with E-state index >= 15 is 0 Å². The van der Waals surface area contributed by atoms with Crippen molar-refractivity contribution in [1.82, 2.24) is 14.8 Å². The Bertz CT molecular complexity index is 504. The van der Waals surface area contributed by atoms with E-state index in [1.807, 2.05) is 13.1 Å². The van der Waals surface area contributed by atoms with E-state index in [-0.39, 0.29) is 0 Å². The molecule has 2 N–H and O–H groups in total. The molecule has 0 aliphatic heterocycles. The summed E-state index contributed by atoms with van der Waals surface area (Å²) >= 11 is 3.37. The van der Waals surface area contributed by atoms with E-state index in [1.54, 1.807) is 24.2 Å². The van der Waals surface area contributed by atoms with Crippen LogP contribution in [0.15, 0.2) is 22.9 Å². The van der Waals surface area contributed by atoms with Crippen LogP contribution < -0.4 is 10.5 Å². The number of aryl methyl sites for hydroxylation is 1. The van der Waals surface area contributed by atoms with Crippen LogP contribution >= 0.6 is 15.9 Å². The van der Waals surface area contributed by atoms with E-state index in [0.29, 0.717) is 11.6 Å². The van der Waals surface area contributed by atoms with E-state index in [2.05, 4.69) is 26.0 Å². The highest BCUT2D eigenvalue weighted by molar-refractivity contribution is 9.10. The zero-order valence-corrected chi connectivity index (χ0v) is 10.5. The number of methoxy groups -OCH3 is 1. The number of nitrogen functional groups attached to an aromatic ring is 1. The first-order valence-corrected chi connectivity index (χ1v) is 5.40. The predicted molar refractivity (Wildman–Crippen MR) is 65.1 cm³/mol. The summed E-state index contributed by atoms with van der Waals surface area (Å²) in [5, 5.41) is 4.09. The first-order chi connectivity index (χ1) is 7.63. The third-order valence-electron chi connectivity index (χ3n) is 2.23. The molecule has 0 saturated carbocycles. The van der Waals surface area contributed by atoms with Gasteiger partial charge in [0.05, 0.1) is 30.3 Å². The van der Waals surface area contributed by atoms with Crippen LogP contribution in [0.2, 0.25) is 0 Å². The number of aromatic nitrogens is 3. The van der Waals surface area contributed by atoms with Crippen LogP contribution in [0.25, 0.3) is 11.3 Å². The van der Waals surface area contributed by atoms with Gasteiger partial charge in [-0.1, -0.05) is 0 Å². The number of rotatable bonds is 2. The van der Waals surface area contributed by atoms with Gasteiger partial charge in [-0.05, 0) is 22.0 Å². The van der Waals surface area contributed by atoms with Crippen molar-refractivity contribution in [3.05, 3.63) is 22.9 Å². The van der Waals surface area contributed by atoms with Gasteiger partial charge >= 0.3 is 0 Å². The Kier molecular flexibility index (Phi) is 2.82. The van der Waals surface area contributed by atoms with Gasteiger partial charge in [0.2, 0.25) is 5.88 Å². The number of nitrogens with two attached hydrogens (primary N) is 1. The highest BCUT2D eigenvalue weighted by Gasteiger charge is 2.14. The lowest BCUT2D eigenvalue weighted by atomic mass is 10.2. The molecule has 2 heterocycles. The molecule has 84 valence electrons. The molecule has 2 aromatic heterocycles. The van der Waals surface area contributed by atoms with Gasteiger partial charge in [-0.15, -0.1) is 0 Å². The van der Waals surface area contributed by atoms with Crippen LogP contribution in [-0.2, 0) is 7.05 Å². The topological polar surface area (TPSA) is 66.0 Å². The summed E-state index contributed by atoms with van der Waals surface area (Å²) in [6.07, 6.45) is 3.28. The van der Waals surface area contributed by atoms with Crippen molar-refractivity contribution in [2.24, 2.45) is 7.05 Å². The summed E-state index contributed by atoms with van der Waals surface area (Å²) in [7, 11) is 3.40. The predicted octanol–water partition coefficient (Wildman–Crippen LogP) is 1.84. The molecule has 5 nitrogen and oxygen atoms in total. The molecule has 6 heteroatoms. The first kappa shape index (κ1) is 10.9. The lowest BCUT2D eigenvalue weighted by Gasteiger charge is -2.08. The molecule has 0 atom stereocenters. The van der Waals surface area contributed by atoms with Crippen molar-refractivity contribution in [1.29, 1.82) is 0 Å². The number of ether oxygens (including phenoxy) is 1. The number of pyridine rings is 1. The Labute approximate surface area is 101 Å². The fraction of sp³-hybridized carbons (Fsp3) is 0.200. The maximum atomic E-state index is 5.87. The third-order valence-corrected chi connectivity index (χ3v) is 2.67. The fourth-order valence-corrected chi connectivity index (χ4v) is 1.87. The van der Waals surface area contributed by atoms with Crippen molar-refractivity contribution < 1.29 is 4.74 Å². The van der Waals surface area contributed by atoms with E-state index in [1.165, 1.54) is 0 Å². The van der Waals surface area contributed by atoms with Crippen molar-refractivity contribution in [2.45, 2.75) is 0 Å². The molecule has 0 saturated heterocycles. The normalized spacial score (nSPS) is 10.4. The maximum absolute atomic E-state index is 5.87. The van der Waals surface area contributed by atoms with Crippen LogP contribution in [0, 0.1) is 0 Å². The van der Waals surface area contributed by atoms with E-state index in [4.69, 9.17) is 10.5 Å². The Morgan fingerprint density at radius 2 is 2.19 bits per heavy atom. The second-order valence-corrected chi connectivity index (χ2v) is 4.20. The second-order valence-electron chi connectivity index (χ2n) is 3.28. The van der Waals surface area contributed by atoms with Gasteiger partial charge in [0.1, 0.15) is 0 Å². The van der Waals surface area contributed by atoms with Gasteiger partial charge in [0.15, 0.2) is 0 Å². The van der Waals surface area contributed by atoms with E-state index in [0.717, 1.165) is 15.7 Å². The molecule has 0 aliphatic rings.